The molecule has 0 saturated carbocycles. The predicted molar refractivity (Wildman–Crippen MR) is 79.6 cm³/mol. The molecule has 2 heterocycles. The molecular formula is C14H9Cl2N3O. The van der Waals surface area contributed by atoms with Crippen LogP contribution in [0.25, 0.3) is 5.52 Å². The maximum absolute atomic E-state index is 12.3. The Labute approximate surface area is 124 Å². The van der Waals surface area contributed by atoms with Gasteiger partial charge in [0, 0.05) is 6.20 Å². The van der Waals surface area contributed by atoms with Crippen molar-refractivity contribution in [1.29, 1.82) is 0 Å². The van der Waals surface area contributed by atoms with E-state index in [9.17, 15) is 4.79 Å². The molecular weight excluding hydrogens is 297 g/mol. The standard InChI is InChI=1S/C14H9Cl2N3O/c15-9-5-6-13-10(7-17-19(13)8-9)14(20)18-12-4-2-1-3-11(12)16/h1-8H,(H,18,20). The summed E-state index contributed by atoms with van der Waals surface area (Å²) in [5.74, 6) is -0.268. The van der Waals surface area contributed by atoms with Crippen molar-refractivity contribution in [3.63, 3.8) is 0 Å². The van der Waals surface area contributed by atoms with Crippen LogP contribution in [0.3, 0.4) is 0 Å². The summed E-state index contributed by atoms with van der Waals surface area (Å²) >= 11 is 11.9. The Bertz CT molecular complexity index is 798. The third kappa shape index (κ3) is 2.35. The number of fused-ring (bicyclic) bond motifs is 1. The summed E-state index contributed by atoms with van der Waals surface area (Å²) in [6, 6.07) is 10.5. The van der Waals surface area contributed by atoms with E-state index < -0.39 is 0 Å². The molecule has 2 aromatic heterocycles. The highest BCUT2D eigenvalue weighted by Gasteiger charge is 2.13. The minimum atomic E-state index is -0.268. The highest BCUT2D eigenvalue weighted by molar-refractivity contribution is 6.34. The van der Waals surface area contributed by atoms with Crippen molar-refractivity contribution in [2.45, 2.75) is 0 Å². The number of carbonyl (C=O) groups excluding carboxylic acids is 1. The Kier molecular flexibility index (Phi) is 3.34. The molecule has 3 rings (SSSR count). The number of amides is 1. The summed E-state index contributed by atoms with van der Waals surface area (Å²) in [6.45, 7) is 0. The zero-order chi connectivity index (χ0) is 14.1. The summed E-state index contributed by atoms with van der Waals surface area (Å²) < 4.78 is 1.56. The van der Waals surface area contributed by atoms with E-state index in [1.54, 1.807) is 47.1 Å². The molecule has 0 saturated heterocycles. The smallest absolute Gasteiger partial charge is 0.259 e. The highest BCUT2D eigenvalue weighted by atomic mass is 35.5. The molecule has 0 radical (unpaired) electrons. The fourth-order valence-corrected chi connectivity index (χ4v) is 2.22. The van der Waals surface area contributed by atoms with Gasteiger partial charge in [-0.15, -0.1) is 0 Å². The minimum Gasteiger partial charge on any atom is -0.321 e. The van der Waals surface area contributed by atoms with Gasteiger partial charge in [-0.2, -0.15) is 5.10 Å². The summed E-state index contributed by atoms with van der Waals surface area (Å²) in [7, 11) is 0. The third-order valence-electron chi connectivity index (χ3n) is 2.85. The molecule has 0 spiro atoms. The maximum Gasteiger partial charge on any atom is 0.259 e. The number of carbonyl (C=O) groups is 1. The quantitative estimate of drug-likeness (QED) is 0.780. The predicted octanol–water partition coefficient (Wildman–Crippen LogP) is 3.89. The van der Waals surface area contributed by atoms with Crippen LogP contribution in [0, 0.1) is 0 Å². The topological polar surface area (TPSA) is 46.4 Å². The number of halogens is 2. The first kappa shape index (κ1) is 13.0. The number of anilines is 1. The van der Waals surface area contributed by atoms with Gasteiger partial charge in [-0.3, -0.25) is 4.79 Å². The second kappa shape index (κ2) is 5.15. The van der Waals surface area contributed by atoms with Crippen molar-refractivity contribution in [3.05, 3.63) is 64.4 Å². The first-order chi connectivity index (χ1) is 9.65. The van der Waals surface area contributed by atoms with Crippen LogP contribution in [0.2, 0.25) is 10.0 Å². The van der Waals surface area contributed by atoms with E-state index in [0.29, 0.717) is 26.8 Å². The van der Waals surface area contributed by atoms with E-state index in [-0.39, 0.29) is 5.91 Å². The van der Waals surface area contributed by atoms with Crippen molar-refractivity contribution < 1.29 is 4.79 Å². The lowest BCUT2D eigenvalue weighted by Gasteiger charge is -2.05. The molecule has 1 amide bonds. The Morgan fingerprint density at radius 1 is 1.15 bits per heavy atom. The van der Waals surface area contributed by atoms with Crippen molar-refractivity contribution >= 4 is 40.3 Å². The maximum atomic E-state index is 12.3. The van der Waals surface area contributed by atoms with Gasteiger partial charge in [0.15, 0.2) is 0 Å². The Hall–Kier alpha value is -2.04. The lowest BCUT2D eigenvalue weighted by Crippen LogP contribution is -2.11. The van der Waals surface area contributed by atoms with Gasteiger partial charge in [-0.25, -0.2) is 4.52 Å². The van der Waals surface area contributed by atoms with Crippen LogP contribution in [-0.2, 0) is 0 Å². The molecule has 0 fully saturated rings. The van der Waals surface area contributed by atoms with Crippen LogP contribution in [0.1, 0.15) is 10.4 Å². The number of nitrogens with one attached hydrogen (secondary N) is 1. The SMILES string of the molecule is O=C(Nc1ccccc1Cl)c1cnn2cc(Cl)ccc12. The molecule has 6 heteroatoms. The molecule has 0 bridgehead atoms. The van der Waals surface area contributed by atoms with E-state index in [0.717, 1.165) is 0 Å². The number of hydrogen-bond acceptors (Lipinski definition) is 2. The van der Waals surface area contributed by atoms with Gasteiger partial charge >= 0.3 is 0 Å². The lowest BCUT2D eigenvalue weighted by molar-refractivity contribution is 0.102. The molecule has 0 unspecified atom stereocenters. The lowest BCUT2D eigenvalue weighted by atomic mass is 10.2. The van der Waals surface area contributed by atoms with Gasteiger partial charge in [-0.1, -0.05) is 35.3 Å². The van der Waals surface area contributed by atoms with Crippen LogP contribution in [0.5, 0.6) is 0 Å². The van der Waals surface area contributed by atoms with Crippen molar-refractivity contribution in [2.24, 2.45) is 0 Å². The number of nitrogens with zero attached hydrogens (tertiary/aromatic N) is 2. The second-order valence-corrected chi connectivity index (χ2v) is 5.01. The van der Waals surface area contributed by atoms with Crippen LogP contribution in [-0.4, -0.2) is 15.5 Å². The van der Waals surface area contributed by atoms with Gasteiger partial charge in [0.2, 0.25) is 0 Å². The van der Waals surface area contributed by atoms with E-state index in [1.807, 2.05) is 0 Å². The first-order valence-corrected chi connectivity index (χ1v) is 6.59. The summed E-state index contributed by atoms with van der Waals surface area (Å²) in [4.78, 5) is 12.3. The van der Waals surface area contributed by atoms with Crippen LogP contribution >= 0.6 is 23.2 Å². The normalized spacial score (nSPS) is 10.7. The van der Waals surface area contributed by atoms with Crippen molar-refractivity contribution in [3.8, 4) is 0 Å². The van der Waals surface area contributed by atoms with E-state index in [2.05, 4.69) is 10.4 Å². The minimum absolute atomic E-state index is 0.268. The van der Waals surface area contributed by atoms with Gasteiger partial charge in [0.25, 0.3) is 5.91 Å². The molecule has 0 aliphatic rings. The average molecular weight is 306 g/mol. The number of benzene rings is 1. The zero-order valence-corrected chi connectivity index (χ0v) is 11.7. The van der Waals surface area contributed by atoms with Gasteiger partial charge in [0.05, 0.1) is 33.0 Å². The number of pyridine rings is 1. The largest absolute Gasteiger partial charge is 0.321 e. The number of para-hydroxylation sites is 1. The molecule has 4 nitrogen and oxygen atoms in total. The molecule has 100 valence electrons. The zero-order valence-electron chi connectivity index (χ0n) is 10.2. The Morgan fingerprint density at radius 2 is 1.95 bits per heavy atom. The van der Waals surface area contributed by atoms with E-state index in [1.165, 1.54) is 6.20 Å². The van der Waals surface area contributed by atoms with Gasteiger partial charge < -0.3 is 5.32 Å². The van der Waals surface area contributed by atoms with Crippen LogP contribution < -0.4 is 5.32 Å². The van der Waals surface area contributed by atoms with Gasteiger partial charge in [0.1, 0.15) is 0 Å². The second-order valence-electron chi connectivity index (χ2n) is 4.17. The molecule has 0 aliphatic carbocycles. The van der Waals surface area contributed by atoms with Crippen LogP contribution in [0.4, 0.5) is 5.69 Å². The fraction of sp³-hybridized carbons (Fsp3) is 0. The molecule has 20 heavy (non-hydrogen) atoms. The number of aromatic nitrogens is 2. The molecule has 1 N–H and O–H groups in total. The number of rotatable bonds is 2. The Morgan fingerprint density at radius 3 is 2.75 bits per heavy atom. The fourth-order valence-electron chi connectivity index (χ4n) is 1.89. The average Bonchev–Trinajstić information content (AvgIpc) is 2.84. The monoisotopic (exact) mass is 305 g/mol. The molecule has 0 aliphatic heterocycles. The number of hydrogen-bond donors (Lipinski definition) is 1. The van der Waals surface area contributed by atoms with Crippen molar-refractivity contribution in [1.82, 2.24) is 9.61 Å². The third-order valence-corrected chi connectivity index (χ3v) is 3.40. The van der Waals surface area contributed by atoms with Gasteiger partial charge in [-0.05, 0) is 24.3 Å². The summed E-state index contributed by atoms with van der Waals surface area (Å²) in [5.41, 5.74) is 1.70. The molecule has 0 atom stereocenters. The summed E-state index contributed by atoms with van der Waals surface area (Å²) in [5, 5.41) is 7.91. The van der Waals surface area contributed by atoms with E-state index >= 15 is 0 Å². The first-order valence-electron chi connectivity index (χ1n) is 5.84. The van der Waals surface area contributed by atoms with E-state index in [4.69, 9.17) is 23.2 Å². The summed E-state index contributed by atoms with van der Waals surface area (Å²) in [6.07, 6.45) is 3.14. The Balaban J connectivity index is 1.95. The van der Waals surface area contributed by atoms with Crippen LogP contribution in [0.15, 0.2) is 48.8 Å². The highest BCUT2D eigenvalue weighted by Crippen LogP contribution is 2.22. The molecule has 1 aromatic carbocycles. The molecule has 3 aromatic rings. The van der Waals surface area contributed by atoms with Crippen molar-refractivity contribution in [2.75, 3.05) is 5.32 Å².